The molecule has 0 aromatic heterocycles. The van der Waals surface area contributed by atoms with Crippen LogP contribution in [0.4, 0.5) is 0 Å². The fourth-order valence-corrected chi connectivity index (χ4v) is 2.45. The number of nitrogens with one attached hydrogen (secondary N) is 2. The molecule has 0 radical (unpaired) electrons. The number of likely N-dealkylation sites (N-methyl/N-ethyl adjacent to an activating group) is 1. The molecule has 2 rings (SSSR count). The van der Waals surface area contributed by atoms with Crippen molar-refractivity contribution in [3.05, 3.63) is 35.9 Å². The van der Waals surface area contributed by atoms with E-state index in [4.69, 9.17) is 5.11 Å². The second-order valence-corrected chi connectivity index (χ2v) is 5.69. The predicted molar refractivity (Wildman–Crippen MR) is 99.3 cm³/mol. The van der Waals surface area contributed by atoms with Gasteiger partial charge in [0.1, 0.15) is 6.29 Å². The third kappa shape index (κ3) is 9.18. The topological polar surface area (TPSA) is 64.6 Å². The first-order chi connectivity index (χ1) is 10.6. The van der Waals surface area contributed by atoms with Gasteiger partial charge < -0.3 is 15.7 Å². The largest absolute Gasteiger partial charge is 0.396 e. The molecule has 0 amide bonds. The zero-order valence-electron chi connectivity index (χ0n) is 13.1. The molecule has 0 saturated carbocycles. The van der Waals surface area contributed by atoms with Crippen LogP contribution >= 0.6 is 21.6 Å². The number of aliphatic hydroxyl groups excluding tert-OH is 1. The van der Waals surface area contributed by atoms with E-state index in [1.165, 1.54) is 5.49 Å². The molecule has 3 unspecified atom stereocenters. The van der Waals surface area contributed by atoms with E-state index in [0.717, 1.165) is 24.9 Å². The summed E-state index contributed by atoms with van der Waals surface area (Å²) in [7, 11) is 6.37. The lowest BCUT2D eigenvalue weighted by atomic mass is 10.1. The van der Waals surface area contributed by atoms with Crippen molar-refractivity contribution in [2.75, 3.05) is 33.8 Å². The summed E-state index contributed by atoms with van der Waals surface area (Å²) in [5.41, 5.74) is 2.19. The van der Waals surface area contributed by atoms with Crippen molar-refractivity contribution in [1.29, 1.82) is 0 Å². The second kappa shape index (κ2) is 13.7. The molecule has 1 aliphatic rings. The van der Waals surface area contributed by atoms with Gasteiger partial charge in [0.25, 0.3) is 0 Å². The Morgan fingerprint density at radius 1 is 1.36 bits per heavy atom. The minimum atomic E-state index is 0.288. The van der Waals surface area contributed by atoms with Crippen molar-refractivity contribution >= 4 is 33.4 Å². The van der Waals surface area contributed by atoms with E-state index in [9.17, 15) is 4.79 Å². The Hall–Kier alpha value is -0.910. The molecule has 0 spiro atoms. The van der Waals surface area contributed by atoms with E-state index in [1.54, 1.807) is 19.2 Å². The fraction of sp³-hybridized carbons (Fsp3) is 0.467. The van der Waals surface area contributed by atoms with Crippen LogP contribution in [0.15, 0.2) is 30.3 Å². The Bertz CT molecular complexity index is 397. The second-order valence-electron chi connectivity index (χ2n) is 4.73. The van der Waals surface area contributed by atoms with Gasteiger partial charge in [0.2, 0.25) is 0 Å². The van der Waals surface area contributed by atoms with Crippen molar-refractivity contribution < 1.29 is 9.90 Å². The van der Waals surface area contributed by atoms with Gasteiger partial charge in [0.15, 0.2) is 0 Å². The Morgan fingerprint density at radius 3 is 2.27 bits per heavy atom. The molecule has 5 nitrogen and oxygen atoms in total. The van der Waals surface area contributed by atoms with Gasteiger partial charge in [-0.3, -0.25) is 9.46 Å². The summed E-state index contributed by atoms with van der Waals surface area (Å²) in [6.07, 6.45) is 0.833. The number of thiocarbonyl (C=S) groups is 1. The number of rotatable bonds is 4. The zero-order valence-corrected chi connectivity index (χ0v) is 15.1. The molecule has 3 atom stereocenters. The molecule has 0 bridgehead atoms. The van der Waals surface area contributed by atoms with Gasteiger partial charge >= 0.3 is 0 Å². The van der Waals surface area contributed by atoms with Crippen LogP contribution in [0.5, 0.6) is 0 Å². The maximum Gasteiger partial charge on any atom is 0.150 e. The molecule has 1 heterocycles. The number of hydrogen-bond acceptors (Lipinski definition) is 5. The highest BCUT2D eigenvalue weighted by Gasteiger charge is 2.28. The minimum absolute atomic E-state index is 0.288. The predicted octanol–water partition coefficient (Wildman–Crippen LogP) is 0.951. The summed E-state index contributed by atoms with van der Waals surface area (Å²) >= 11 is 4.32. The Balaban J connectivity index is 0.000000330. The van der Waals surface area contributed by atoms with E-state index >= 15 is 0 Å². The monoisotopic (exact) mass is 343 g/mol. The molecule has 1 aromatic carbocycles. The number of aldehydes is 1. The molecule has 0 aliphatic carbocycles. The zero-order chi connectivity index (χ0) is 16.8. The Morgan fingerprint density at radius 2 is 1.95 bits per heavy atom. The number of carbonyl (C=O) groups excluding carboxylic acids is 1. The number of carbonyl (C=O) groups is 1. The average molecular weight is 343 g/mol. The summed E-state index contributed by atoms with van der Waals surface area (Å²) in [6.45, 7) is 2.29. The van der Waals surface area contributed by atoms with E-state index in [-0.39, 0.29) is 6.61 Å². The van der Waals surface area contributed by atoms with Gasteiger partial charge in [-0.15, -0.1) is 0 Å². The molecule has 7 heteroatoms. The van der Waals surface area contributed by atoms with Gasteiger partial charge in [-0.1, -0.05) is 51.9 Å². The number of nitrogens with zero attached hydrogens (tertiary/aromatic N) is 1. The smallest absolute Gasteiger partial charge is 0.150 e. The van der Waals surface area contributed by atoms with Gasteiger partial charge in [0.05, 0.1) is 5.49 Å². The van der Waals surface area contributed by atoms with Crippen LogP contribution in [0.2, 0.25) is 0 Å². The highest BCUT2D eigenvalue weighted by molar-refractivity contribution is 7.78. The van der Waals surface area contributed by atoms with Crippen LogP contribution in [-0.2, 0) is 0 Å². The lowest BCUT2D eigenvalue weighted by Gasteiger charge is -2.13. The molecular formula is C15H26N3O2PS. The molecular weight excluding hydrogens is 317 g/mol. The lowest BCUT2D eigenvalue weighted by molar-refractivity contribution is 0.112. The molecule has 1 fully saturated rings. The molecule has 3 N–H and O–H groups in total. The Kier molecular flexibility index (Phi) is 13.2. The summed E-state index contributed by atoms with van der Waals surface area (Å²) < 4.78 is 2.15. The van der Waals surface area contributed by atoms with Crippen LogP contribution in [0.1, 0.15) is 10.4 Å². The van der Waals surface area contributed by atoms with Gasteiger partial charge in [-0.05, 0) is 7.05 Å². The normalized spacial score (nSPS) is 20.0. The Labute approximate surface area is 140 Å². The quantitative estimate of drug-likeness (QED) is 0.430. The third-order valence-electron chi connectivity index (χ3n) is 3.13. The molecule has 124 valence electrons. The van der Waals surface area contributed by atoms with Gasteiger partial charge in [-0.2, -0.15) is 0 Å². The summed E-state index contributed by atoms with van der Waals surface area (Å²) in [4.78, 5) is 10.0. The van der Waals surface area contributed by atoms with Gasteiger partial charge in [0, 0.05) is 44.3 Å². The SMILES string of the molecule is CNC1CN(P)CC1CO.CNC=S.O=Cc1ccccc1. The first kappa shape index (κ1) is 21.1. The van der Waals surface area contributed by atoms with Crippen LogP contribution in [0.3, 0.4) is 0 Å². The minimum Gasteiger partial charge on any atom is -0.396 e. The summed E-state index contributed by atoms with van der Waals surface area (Å²) in [6, 6.07) is 9.56. The molecule has 22 heavy (non-hydrogen) atoms. The number of aliphatic hydroxyl groups is 1. The fourth-order valence-electron chi connectivity index (χ4n) is 1.95. The molecule has 1 aliphatic heterocycles. The van der Waals surface area contributed by atoms with Crippen molar-refractivity contribution in [2.24, 2.45) is 5.92 Å². The van der Waals surface area contributed by atoms with Gasteiger partial charge in [-0.25, -0.2) is 0 Å². The van der Waals surface area contributed by atoms with E-state index in [0.29, 0.717) is 12.0 Å². The van der Waals surface area contributed by atoms with Crippen LogP contribution < -0.4 is 10.6 Å². The highest BCUT2D eigenvalue weighted by Crippen LogP contribution is 2.18. The average Bonchev–Trinajstić information content (AvgIpc) is 2.96. The van der Waals surface area contributed by atoms with E-state index in [1.807, 2.05) is 25.2 Å². The van der Waals surface area contributed by atoms with Crippen LogP contribution in [0, 0.1) is 5.92 Å². The highest BCUT2D eigenvalue weighted by atomic mass is 32.1. The maximum absolute atomic E-state index is 10.0. The van der Waals surface area contributed by atoms with E-state index in [2.05, 4.69) is 36.9 Å². The van der Waals surface area contributed by atoms with Crippen molar-refractivity contribution in [1.82, 2.24) is 15.3 Å². The number of benzene rings is 1. The summed E-state index contributed by atoms with van der Waals surface area (Å²) in [5, 5.41) is 14.7. The maximum atomic E-state index is 10.0. The van der Waals surface area contributed by atoms with Crippen molar-refractivity contribution in [3.63, 3.8) is 0 Å². The third-order valence-corrected chi connectivity index (χ3v) is 3.79. The number of hydrogen-bond donors (Lipinski definition) is 3. The first-order valence-corrected chi connectivity index (χ1v) is 8.00. The standard InChI is InChI=1S/C7H6O.C6H15N2OP.C2H5NS/c8-6-7-4-2-1-3-5-7;1-7-6-3-8(10)2-5(6)4-9;1-3-2-4/h1-6H;5-7,9H,2-4,10H2,1H3;2H,1H3,(H,3,4). The lowest BCUT2D eigenvalue weighted by Crippen LogP contribution is -2.34. The first-order valence-electron chi connectivity index (χ1n) is 7.01. The van der Waals surface area contributed by atoms with Crippen molar-refractivity contribution in [3.8, 4) is 0 Å². The van der Waals surface area contributed by atoms with E-state index < -0.39 is 0 Å². The van der Waals surface area contributed by atoms with Crippen LogP contribution in [0.25, 0.3) is 0 Å². The molecule has 1 aromatic rings. The molecule has 1 saturated heterocycles. The van der Waals surface area contributed by atoms with Crippen molar-refractivity contribution in [2.45, 2.75) is 6.04 Å². The van der Waals surface area contributed by atoms with Crippen LogP contribution in [-0.4, -0.2) is 61.4 Å². The summed E-state index contributed by atoms with van der Waals surface area (Å²) in [5.74, 6) is 0.405.